The molecule has 28 heavy (non-hydrogen) atoms. The van der Waals surface area contributed by atoms with Crippen molar-refractivity contribution >= 4 is 17.5 Å². The second kappa shape index (κ2) is 10.8. The number of benzene rings is 1. The molecule has 0 atom stereocenters. The number of piperidine rings is 1. The van der Waals surface area contributed by atoms with Crippen molar-refractivity contribution in [2.75, 3.05) is 45.8 Å². The van der Waals surface area contributed by atoms with Crippen molar-refractivity contribution in [2.24, 2.45) is 0 Å². The highest BCUT2D eigenvalue weighted by Gasteiger charge is 2.24. The molecule has 1 aromatic rings. The number of nitrogens with zero attached hydrogens (tertiary/aromatic N) is 4. The molecular formula is C20H30N4O4. The Balaban J connectivity index is 2.11. The quantitative estimate of drug-likeness (QED) is 0.477. The van der Waals surface area contributed by atoms with E-state index in [4.69, 9.17) is 0 Å². The summed E-state index contributed by atoms with van der Waals surface area (Å²) in [5, 5.41) is 10.8. The second-order valence-corrected chi connectivity index (χ2v) is 7.00. The van der Waals surface area contributed by atoms with Gasteiger partial charge in [0, 0.05) is 43.9 Å². The van der Waals surface area contributed by atoms with Gasteiger partial charge in [0.15, 0.2) is 0 Å². The fourth-order valence-electron chi connectivity index (χ4n) is 3.37. The first-order valence-corrected chi connectivity index (χ1v) is 10.00. The highest BCUT2D eigenvalue weighted by Crippen LogP contribution is 2.15. The molecule has 0 aliphatic carbocycles. The van der Waals surface area contributed by atoms with Gasteiger partial charge in [-0.3, -0.25) is 19.7 Å². The highest BCUT2D eigenvalue weighted by atomic mass is 16.6. The van der Waals surface area contributed by atoms with Crippen molar-refractivity contribution in [3.05, 3.63) is 39.9 Å². The van der Waals surface area contributed by atoms with E-state index in [0.717, 1.165) is 45.4 Å². The molecule has 1 aromatic carbocycles. The summed E-state index contributed by atoms with van der Waals surface area (Å²) >= 11 is 0. The summed E-state index contributed by atoms with van der Waals surface area (Å²) in [7, 11) is 0. The fourth-order valence-corrected chi connectivity index (χ4v) is 3.37. The van der Waals surface area contributed by atoms with Crippen molar-refractivity contribution < 1.29 is 14.5 Å². The van der Waals surface area contributed by atoms with Crippen LogP contribution in [0.1, 0.15) is 43.5 Å². The monoisotopic (exact) mass is 390 g/mol. The smallest absolute Gasteiger partial charge is 0.269 e. The summed E-state index contributed by atoms with van der Waals surface area (Å²) in [6.07, 6.45) is 3.14. The number of amides is 2. The normalized spacial score (nSPS) is 14.2. The molecule has 2 amide bonds. The molecule has 0 bridgehead atoms. The van der Waals surface area contributed by atoms with Crippen molar-refractivity contribution in [1.29, 1.82) is 0 Å². The number of likely N-dealkylation sites (tertiary alicyclic amines) is 1. The summed E-state index contributed by atoms with van der Waals surface area (Å²) in [5.41, 5.74) is 0.298. The summed E-state index contributed by atoms with van der Waals surface area (Å²) in [6.45, 7) is 8.51. The molecule has 0 N–H and O–H groups in total. The first kappa shape index (κ1) is 21.8. The number of carbonyl (C=O) groups excluding carboxylic acids is 2. The molecule has 1 aliphatic heterocycles. The van der Waals surface area contributed by atoms with Gasteiger partial charge >= 0.3 is 0 Å². The van der Waals surface area contributed by atoms with E-state index in [1.54, 1.807) is 4.90 Å². The average molecular weight is 390 g/mol. The number of nitro benzene ring substituents is 1. The van der Waals surface area contributed by atoms with E-state index in [-0.39, 0.29) is 24.0 Å². The van der Waals surface area contributed by atoms with Gasteiger partial charge in [0.1, 0.15) is 6.54 Å². The molecule has 1 saturated heterocycles. The lowest BCUT2D eigenvalue weighted by molar-refractivity contribution is -0.384. The molecule has 1 heterocycles. The van der Waals surface area contributed by atoms with E-state index >= 15 is 0 Å². The van der Waals surface area contributed by atoms with E-state index in [0.29, 0.717) is 18.7 Å². The van der Waals surface area contributed by atoms with Crippen LogP contribution < -0.4 is 0 Å². The lowest BCUT2D eigenvalue weighted by Gasteiger charge is -2.31. The van der Waals surface area contributed by atoms with E-state index in [1.165, 1.54) is 24.3 Å². The molecule has 0 aromatic heterocycles. The number of hydrogen-bond acceptors (Lipinski definition) is 5. The summed E-state index contributed by atoms with van der Waals surface area (Å²) in [6, 6.07) is 5.55. The van der Waals surface area contributed by atoms with Crippen LogP contribution in [0.2, 0.25) is 0 Å². The Labute approximate surface area is 166 Å². The van der Waals surface area contributed by atoms with E-state index in [2.05, 4.69) is 18.7 Å². The Hall–Kier alpha value is -2.48. The van der Waals surface area contributed by atoms with Crippen LogP contribution in [0.25, 0.3) is 0 Å². The van der Waals surface area contributed by atoms with Gasteiger partial charge < -0.3 is 14.7 Å². The van der Waals surface area contributed by atoms with E-state index < -0.39 is 4.92 Å². The largest absolute Gasteiger partial charge is 0.341 e. The minimum absolute atomic E-state index is 0.0329. The van der Waals surface area contributed by atoms with Crippen molar-refractivity contribution in [3.8, 4) is 0 Å². The first-order valence-electron chi connectivity index (χ1n) is 10.00. The van der Waals surface area contributed by atoms with Crippen molar-refractivity contribution in [2.45, 2.75) is 33.1 Å². The zero-order chi connectivity index (χ0) is 20.5. The van der Waals surface area contributed by atoms with Crippen LogP contribution in [0.15, 0.2) is 24.3 Å². The fraction of sp³-hybridized carbons (Fsp3) is 0.600. The van der Waals surface area contributed by atoms with Gasteiger partial charge in [0.2, 0.25) is 5.91 Å². The molecule has 0 radical (unpaired) electrons. The Bertz CT molecular complexity index is 667. The maximum atomic E-state index is 13.0. The highest BCUT2D eigenvalue weighted by molar-refractivity contribution is 5.96. The van der Waals surface area contributed by atoms with Gasteiger partial charge in [-0.15, -0.1) is 0 Å². The first-order chi connectivity index (χ1) is 13.5. The van der Waals surface area contributed by atoms with Gasteiger partial charge in [-0.1, -0.05) is 13.8 Å². The van der Waals surface area contributed by atoms with Crippen LogP contribution in [-0.2, 0) is 4.79 Å². The van der Waals surface area contributed by atoms with Crippen LogP contribution in [0.5, 0.6) is 0 Å². The average Bonchev–Trinajstić information content (AvgIpc) is 2.73. The topological polar surface area (TPSA) is 87.0 Å². The van der Waals surface area contributed by atoms with Crippen LogP contribution in [-0.4, -0.2) is 77.3 Å². The van der Waals surface area contributed by atoms with Gasteiger partial charge in [0.25, 0.3) is 11.6 Å². The number of non-ortho nitro benzene ring substituents is 1. The van der Waals surface area contributed by atoms with Gasteiger partial charge in [-0.25, -0.2) is 0 Å². The summed E-state index contributed by atoms with van der Waals surface area (Å²) in [4.78, 5) is 41.6. The van der Waals surface area contributed by atoms with Gasteiger partial charge in [-0.05, 0) is 44.5 Å². The zero-order valence-corrected chi connectivity index (χ0v) is 16.8. The lowest BCUT2D eigenvalue weighted by atomic mass is 10.1. The van der Waals surface area contributed by atoms with Crippen LogP contribution >= 0.6 is 0 Å². The number of carbonyl (C=O) groups is 2. The number of hydrogen-bond donors (Lipinski definition) is 0. The molecule has 0 saturated carbocycles. The molecule has 154 valence electrons. The molecule has 1 aliphatic rings. The lowest BCUT2D eigenvalue weighted by Crippen LogP contribution is -2.47. The van der Waals surface area contributed by atoms with Crippen molar-refractivity contribution in [3.63, 3.8) is 0 Å². The maximum Gasteiger partial charge on any atom is 0.269 e. The van der Waals surface area contributed by atoms with Crippen LogP contribution in [0.3, 0.4) is 0 Å². The van der Waals surface area contributed by atoms with Gasteiger partial charge in [-0.2, -0.15) is 0 Å². The molecule has 0 spiro atoms. The third-order valence-electron chi connectivity index (χ3n) is 5.23. The SMILES string of the molecule is CCN(CC)CCN(CC(=O)N1CCCCC1)C(=O)c1ccc([N+](=O)[O-])cc1. The molecular weight excluding hydrogens is 360 g/mol. The molecule has 2 rings (SSSR count). The van der Waals surface area contributed by atoms with Gasteiger partial charge in [0.05, 0.1) is 4.92 Å². The zero-order valence-electron chi connectivity index (χ0n) is 16.8. The Morgan fingerprint density at radius 1 is 1.04 bits per heavy atom. The molecule has 8 nitrogen and oxygen atoms in total. The third kappa shape index (κ3) is 6.02. The predicted octanol–water partition coefficient (Wildman–Crippen LogP) is 2.39. The second-order valence-electron chi connectivity index (χ2n) is 7.00. The predicted molar refractivity (Wildman–Crippen MR) is 107 cm³/mol. The Morgan fingerprint density at radius 2 is 1.64 bits per heavy atom. The molecule has 8 heteroatoms. The molecule has 0 unspecified atom stereocenters. The van der Waals surface area contributed by atoms with E-state index in [1.807, 2.05) is 4.90 Å². The van der Waals surface area contributed by atoms with E-state index in [9.17, 15) is 19.7 Å². The van der Waals surface area contributed by atoms with Crippen LogP contribution in [0, 0.1) is 10.1 Å². The van der Waals surface area contributed by atoms with Crippen LogP contribution in [0.4, 0.5) is 5.69 Å². The minimum atomic E-state index is -0.494. The maximum absolute atomic E-state index is 13.0. The Kier molecular flexibility index (Phi) is 8.38. The summed E-state index contributed by atoms with van der Waals surface area (Å²) < 4.78 is 0. The number of nitro groups is 1. The Morgan fingerprint density at radius 3 is 2.18 bits per heavy atom. The van der Waals surface area contributed by atoms with Crippen molar-refractivity contribution in [1.82, 2.24) is 14.7 Å². The molecule has 1 fully saturated rings. The minimum Gasteiger partial charge on any atom is -0.341 e. The summed E-state index contributed by atoms with van der Waals surface area (Å²) in [5.74, 6) is -0.304. The number of rotatable bonds is 9. The third-order valence-corrected chi connectivity index (χ3v) is 5.23. The number of likely N-dealkylation sites (N-methyl/N-ethyl adjacent to an activating group) is 1. The standard InChI is InChI=1S/C20H30N4O4/c1-3-21(4-2)14-15-23(16-19(25)22-12-6-5-7-13-22)20(26)17-8-10-18(11-9-17)24(27)28/h8-11H,3-7,12-16H2,1-2H3.